The molecular formula is C14H18N4OS. The van der Waals surface area contributed by atoms with Crippen LogP contribution >= 0.6 is 11.3 Å². The number of amides is 1. The highest BCUT2D eigenvalue weighted by atomic mass is 32.1. The normalized spacial score (nSPS) is 10.3. The average Bonchev–Trinajstić information content (AvgIpc) is 2.86. The van der Waals surface area contributed by atoms with Crippen LogP contribution in [-0.2, 0) is 17.8 Å². The molecule has 2 aromatic rings. The number of hydrogen-bond acceptors (Lipinski definition) is 5. The molecule has 3 N–H and O–H groups in total. The second-order valence-corrected chi connectivity index (χ2v) is 5.55. The Bertz CT molecular complexity index is 577. The number of rotatable bonds is 5. The van der Waals surface area contributed by atoms with Crippen molar-refractivity contribution in [1.82, 2.24) is 4.98 Å². The Morgan fingerprint density at radius 2 is 2.05 bits per heavy atom. The molecule has 1 aromatic carbocycles. The SMILES string of the molecule is CN(C)c1ccc(NC(=O)Cc2csc(CN)n2)cc1. The molecule has 0 aliphatic rings. The van der Waals surface area contributed by atoms with Gasteiger partial charge in [-0.25, -0.2) is 4.98 Å². The standard InChI is InChI=1S/C14H18N4OS/c1-18(2)12-5-3-10(4-6-12)16-13(19)7-11-9-20-14(8-15)17-11/h3-6,9H,7-8,15H2,1-2H3,(H,16,19). The molecule has 2 rings (SSSR count). The summed E-state index contributed by atoms with van der Waals surface area (Å²) >= 11 is 1.48. The van der Waals surface area contributed by atoms with Crippen LogP contribution in [0, 0.1) is 0 Å². The first kappa shape index (κ1) is 14.5. The lowest BCUT2D eigenvalue weighted by molar-refractivity contribution is -0.115. The minimum Gasteiger partial charge on any atom is -0.378 e. The van der Waals surface area contributed by atoms with Gasteiger partial charge in [0.2, 0.25) is 5.91 Å². The zero-order valence-corrected chi connectivity index (χ0v) is 12.4. The second kappa shape index (κ2) is 6.49. The number of thiazole rings is 1. The summed E-state index contributed by atoms with van der Waals surface area (Å²) in [6.45, 7) is 0.415. The van der Waals surface area contributed by atoms with E-state index >= 15 is 0 Å². The van der Waals surface area contributed by atoms with Crippen LogP contribution in [0.4, 0.5) is 11.4 Å². The predicted octanol–water partition coefficient (Wildman–Crippen LogP) is 1.85. The highest BCUT2D eigenvalue weighted by molar-refractivity contribution is 7.09. The van der Waals surface area contributed by atoms with E-state index in [0.717, 1.165) is 22.1 Å². The number of nitrogens with zero attached hydrogens (tertiary/aromatic N) is 2. The van der Waals surface area contributed by atoms with Crippen molar-refractivity contribution in [2.45, 2.75) is 13.0 Å². The van der Waals surface area contributed by atoms with Crippen LogP contribution in [0.3, 0.4) is 0 Å². The van der Waals surface area contributed by atoms with Gasteiger partial charge in [-0.15, -0.1) is 11.3 Å². The molecule has 1 amide bonds. The Labute approximate surface area is 122 Å². The number of nitrogens with two attached hydrogens (primary N) is 1. The third-order valence-electron chi connectivity index (χ3n) is 2.78. The highest BCUT2D eigenvalue weighted by Crippen LogP contribution is 2.16. The van der Waals surface area contributed by atoms with E-state index in [2.05, 4.69) is 10.3 Å². The van der Waals surface area contributed by atoms with Gasteiger partial charge in [-0.05, 0) is 24.3 Å². The van der Waals surface area contributed by atoms with Crippen LogP contribution in [0.15, 0.2) is 29.6 Å². The van der Waals surface area contributed by atoms with E-state index in [1.165, 1.54) is 11.3 Å². The first-order valence-electron chi connectivity index (χ1n) is 6.29. The molecule has 106 valence electrons. The van der Waals surface area contributed by atoms with Crippen LogP contribution in [0.5, 0.6) is 0 Å². The van der Waals surface area contributed by atoms with Gasteiger partial charge < -0.3 is 16.0 Å². The summed E-state index contributed by atoms with van der Waals surface area (Å²) in [5, 5.41) is 5.58. The number of anilines is 2. The number of carbonyl (C=O) groups excluding carboxylic acids is 1. The third kappa shape index (κ3) is 3.79. The molecule has 0 fully saturated rings. The summed E-state index contributed by atoms with van der Waals surface area (Å²) < 4.78 is 0. The van der Waals surface area contributed by atoms with Crippen LogP contribution in [-0.4, -0.2) is 25.0 Å². The molecule has 6 heteroatoms. The van der Waals surface area contributed by atoms with Crippen molar-refractivity contribution in [2.75, 3.05) is 24.3 Å². The van der Waals surface area contributed by atoms with Gasteiger partial charge >= 0.3 is 0 Å². The van der Waals surface area contributed by atoms with Crippen molar-refractivity contribution in [1.29, 1.82) is 0 Å². The largest absolute Gasteiger partial charge is 0.378 e. The summed E-state index contributed by atoms with van der Waals surface area (Å²) in [7, 11) is 3.95. The summed E-state index contributed by atoms with van der Waals surface area (Å²) in [5.41, 5.74) is 8.14. The molecule has 0 aliphatic heterocycles. The van der Waals surface area contributed by atoms with Crippen LogP contribution < -0.4 is 16.0 Å². The first-order chi connectivity index (χ1) is 9.58. The zero-order valence-electron chi connectivity index (χ0n) is 11.6. The molecule has 0 unspecified atom stereocenters. The molecule has 0 saturated heterocycles. The molecule has 0 radical (unpaired) electrons. The molecule has 0 aliphatic carbocycles. The smallest absolute Gasteiger partial charge is 0.230 e. The molecule has 0 bridgehead atoms. The van der Waals surface area contributed by atoms with Crippen LogP contribution in [0.25, 0.3) is 0 Å². The lowest BCUT2D eigenvalue weighted by Crippen LogP contribution is -2.15. The third-order valence-corrected chi connectivity index (χ3v) is 3.70. The van der Waals surface area contributed by atoms with E-state index in [1.807, 2.05) is 48.6 Å². The van der Waals surface area contributed by atoms with Crippen molar-refractivity contribution >= 4 is 28.6 Å². The summed E-state index contributed by atoms with van der Waals surface area (Å²) in [6.07, 6.45) is 0.270. The van der Waals surface area contributed by atoms with Crippen molar-refractivity contribution in [3.63, 3.8) is 0 Å². The number of aromatic nitrogens is 1. The zero-order chi connectivity index (χ0) is 14.5. The van der Waals surface area contributed by atoms with Crippen molar-refractivity contribution < 1.29 is 4.79 Å². The highest BCUT2D eigenvalue weighted by Gasteiger charge is 2.07. The molecule has 0 atom stereocenters. The number of nitrogens with one attached hydrogen (secondary N) is 1. The molecule has 20 heavy (non-hydrogen) atoms. The fourth-order valence-electron chi connectivity index (χ4n) is 1.74. The Balaban J connectivity index is 1.93. The fourth-order valence-corrected chi connectivity index (χ4v) is 2.41. The van der Waals surface area contributed by atoms with Crippen molar-refractivity contribution in [3.8, 4) is 0 Å². The predicted molar refractivity (Wildman–Crippen MR) is 83.1 cm³/mol. The number of benzene rings is 1. The lowest BCUT2D eigenvalue weighted by Gasteiger charge is -2.12. The van der Waals surface area contributed by atoms with Gasteiger partial charge in [0.15, 0.2) is 0 Å². The monoisotopic (exact) mass is 290 g/mol. The molecule has 0 saturated carbocycles. The molecule has 0 spiro atoms. The van der Waals surface area contributed by atoms with Gasteiger partial charge in [0.1, 0.15) is 5.01 Å². The average molecular weight is 290 g/mol. The van der Waals surface area contributed by atoms with Crippen molar-refractivity contribution in [3.05, 3.63) is 40.3 Å². The molecular weight excluding hydrogens is 272 g/mol. The maximum Gasteiger partial charge on any atom is 0.230 e. The summed E-state index contributed by atoms with van der Waals surface area (Å²) in [5.74, 6) is -0.0727. The van der Waals surface area contributed by atoms with E-state index in [1.54, 1.807) is 0 Å². The van der Waals surface area contributed by atoms with Crippen LogP contribution in [0.2, 0.25) is 0 Å². The van der Waals surface area contributed by atoms with E-state index in [9.17, 15) is 4.79 Å². The van der Waals surface area contributed by atoms with Crippen molar-refractivity contribution in [2.24, 2.45) is 5.73 Å². The molecule has 1 heterocycles. The number of carbonyl (C=O) groups is 1. The number of hydrogen-bond donors (Lipinski definition) is 2. The minimum absolute atomic E-state index is 0.0727. The van der Waals surface area contributed by atoms with Gasteiger partial charge in [-0.1, -0.05) is 0 Å². The Kier molecular flexibility index (Phi) is 4.70. The van der Waals surface area contributed by atoms with E-state index in [-0.39, 0.29) is 12.3 Å². The lowest BCUT2D eigenvalue weighted by atomic mass is 10.2. The summed E-state index contributed by atoms with van der Waals surface area (Å²) in [6, 6.07) is 7.70. The Morgan fingerprint density at radius 3 is 2.60 bits per heavy atom. The topological polar surface area (TPSA) is 71.2 Å². The Hall–Kier alpha value is -1.92. The van der Waals surface area contributed by atoms with E-state index < -0.39 is 0 Å². The maximum absolute atomic E-state index is 11.9. The minimum atomic E-state index is -0.0727. The molecule has 1 aromatic heterocycles. The quantitative estimate of drug-likeness (QED) is 0.881. The summed E-state index contributed by atoms with van der Waals surface area (Å²) in [4.78, 5) is 18.2. The molecule has 5 nitrogen and oxygen atoms in total. The van der Waals surface area contributed by atoms with Gasteiger partial charge in [0, 0.05) is 37.4 Å². The Morgan fingerprint density at radius 1 is 1.35 bits per heavy atom. The first-order valence-corrected chi connectivity index (χ1v) is 7.17. The maximum atomic E-state index is 11.9. The van der Waals surface area contributed by atoms with Crippen LogP contribution in [0.1, 0.15) is 10.7 Å². The van der Waals surface area contributed by atoms with E-state index in [4.69, 9.17) is 5.73 Å². The van der Waals surface area contributed by atoms with Gasteiger partial charge in [0.05, 0.1) is 12.1 Å². The van der Waals surface area contributed by atoms with Gasteiger partial charge in [-0.3, -0.25) is 4.79 Å². The van der Waals surface area contributed by atoms with E-state index in [0.29, 0.717) is 6.54 Å². The van der Waals surface area contributed by atoms with Gasteiger partial charge in [0.25, 0.3) is 0 Å². The second-order valence-electron chi connectivity index (χ2n) is 4.60. The fraction of sp³-hybridized carbons (Fsp3) is 0.286. The van der Waals surface area contributed by atoms with Gasteiger partial charge in [-0.2, -0.15) is 0 Å².